The minimum Gasteiger partial charge on any atom is -0.494 e. The van der Waals surface area contributed by atoms with E-state index in [0.717, 1.165) is 36.0 Å². The van der Waals surface area contributed by atoms with Gasteiger partial charge in [0, 0.05) is 30.1 Å². The van der Waals surface area contributed by atoms with Crippen LogP contribution in [0.15, 0.2) is 59.4 Å². The van der Waals surface area contributed by atoms with Gasteiger partial charge in [0.05, 0.1) is 23.9 Å². The second kappa shape index (κ2) is 13.4. The molecule has 2 aliphatic rings. The average molecular weight is 644 g/mol. The summed E-state index contributed by atoms with van der Waals surface area (Å²) in [5.41, 5.74) is 0.903. The SMILES string of the molecule is COc1c(C(=O)N2CCC(N3CCCC3)CC2)sc2c1c(=O)n(CC(=O)c1ccccc1)c1ccccc21.O=C(O)C(F)(F)F. The summed E-state index contributed by atoms with van der Waals surface area (Å²) in [5, 5.41) is 8.32. The molecule has 6 rings (SSSR count). The number of amides is 1. The van der Waals surface area contributed by atoms with Gasteiger partial charge in [-0.3, -0.25) is 19.0 Å². The molecule has 1 N–H and O–H groups in total. The third-order valence-electron chi connectivity index (χ3n) is 8.21. The van der Waals surface area contributed by atoms with E-state index >= 15 is 0 Å². The number of methoxy groups -OCH3 is 1. The molecule has 2 aromatic heterocycles. The fourth-order valence-corrected chi connectivity index (χ4v) is 7.24. The number of piperidine rings is 1. The molecule has 2 aliphatic heterocycles. The number of hydrogen-bond donors (Lipinski definition) is 1. The largest absolute Gasteiger partial charge is 0.494 e. The number of fused-ring (bicyclic) bond motifs is 3. The highest BCUT2D eigenvalue weighted by molar-refractivity contribution is 7.22. The van der Waals surface area contributed by atoms with Crippen molar-refractivity contribution in [3.63, 3.8) is 0 Å². The van der Waals surface area contributed by atoms with Crippen molar-refractivity contribution < 1.29 is 37.4 Å². The van der Waals surface area contributed by atoms with Gasteiger partial charge in [0.2, 0.25) is 0 Å². The predicted molar refractivity (Wildman–Crippen MR) is 164 cm³/mol. The Morgan fingerprint density at radius 1 is 0.956 bits per heavy atom. The molecule has 0 radical (unpaired) electrons. The summed E-state index contributed by atoms with van der Waals surface area (Å²) in [6.45, 7) is 3.64. The molecule has 0 atom stereocenters. The molecule has 45 heavy (non-hydrogen) atoms. The van der Waals surface area contributed by atoms with E-state index in [2.05, 4.69) is 4.90 Å². The van der Waals surface area contributed by atoms with E-state index in [-0.39, 0.29) is 23.8 Å². The maximum absolute atomic E-state index is 13.9. The molecular weight excluding hydrogens is 611 g/mol. The molecule has 2 fully saturated rings. The first kappa shape index (κ1) is 32.2. The summed E-state index contributed by atoms with van der Waals surface area (Å²) < 4.78 is 39.7. The van der Waals surface area contributed by atoms with Crippen LogP contribution < -0.4 is 10.3 Å². The number of carbonyl (C=O) groups is 3. The van der Waals surface area contributed by atoms with Crippen LogP contribution in [0.2, 0.25) is 0 Å². The highest BCUT2D eigenvalue weighted by Gasteiger charge is 2.38. The van der Waals surface area contributed by atoms with Gasteiger partial charge in [0.1, 0.15) is 10.3 Å². The maximum atomic E-state index is 13.9. The molecule has 0 saturated carbocycles. The first-order chi connectivity index (χ1) is 21.5. The smallest absolute Gasteiger partial charge is 0.490 e. The van der Waals surface area contributed by atoms with Gasteiger partial charge < -0.3 is 19.6 Å². The van der Waals surface area contributed by atoms with Crippen molar-refractivity contribution in [1.82, 2.24) is 14.4 Å². The zero-order valence-corrected chi connectivity index (χ0v) is 25.3. The third-order valence-corrected chi connectivity index (χ3v) is 9.40. The maximum Gasteiger partial charge on any atom is 0.490 e. The monoisotopic (exact) mass is 643 g/mol. The van der Waals surface area contributed by atoms with Crippen LogP contribution in [0.3, 0.4) is 0 Å². The van der Waals surface area contributed by atoms with Crippen molar-refractivity contribution >= 4 is 50.0 Å². The second-order valence-corrected chi connectivity index (χ2v) is 12.0. The summed E-state index contributed by atoms with van der Waals surface area (Å²) in [6.07, 6.45) is -0.617. The zero-order chi connectivity index (χ0) is 32.3. The fourth-order valence-electron chi connectivity index (χ4n) is 5.98. The van der Waals surface area contributed by atoms with E-state index in [1.165, 1.54) is 35.9 Å². The van der Waals surface area contributed by atoms with E-state index < -0.39 is 12.1 Å². The molecular formula is C32H32F3N3O6S. The first-order valence-corrected chi connectivity index (χ1v) is 15.4. The van der Waals surface area contributed by atoms with Crippen molar-refractivity contribution in [3.8, 4) is 5.75 Å². The first-order valence-electron chi connectivity index (χ1n) is 14.5. The lowest BCUT2D eigenvalue weighted by molar-refractivity contribution is -0.192. The van der Waals surface area contributed by atoms with Crippen LogP contribution in [-0.2, 0) is 11.3 Å². The number of halogens is 3. The lowest BCUT2D eigenvalue weighted by Gasteiger charge is -2.36. The molecule has 0 spiro atoms. The normalized spacial score (nSPS) is 16.0. The Labute approximate surface area is 260 Å². The number of Topliss-reactive ketones (excluding diaryl/α,β-unsaturated/α-hetero) is 1. The van der Waals surface area contributed by atoms with Gasteiger partial charge in [-0.2, -0.15) is 13.2 Å². The van der Waals surface area contributed by atoms with Gasteiger partial charge in [0.25, 0.3) is 11.5 Å². The number of alkyl halides is 3. The number of aliphatic carboxylic acids is 1. The molecule has 0 bridgehead atoms. The van der Waals surface area contributed by atoms with Crippen LogP contribution in [0.4, 0.5) is 13.2 Å². The number of likely N-dealkylation sites (tertiary alicyclic amines) is 2. The molecule has 0 aliphatic carbocycles. The molecule has 4 aromatic rings. The second-order valence-electron chi connectivity index (χ2n) is 10.9. The number of hydrogen-bond acceptors (Lipinski definition) is 7. The number of carboxylic acid groups (broad SMARTS) is 1. The van der Waals surface area contributed by atoms with Crippen molar-refractivity contribution in [3.05, 3.63) is 75.4 Å². The number of benzene rings is 2. The van der Waals surface area contributed by atoms with Crippen LogP contribution in [0, 0.1) is 0 Å². The van der Waals surface area contributed by atoms with Gasteiger partial charge in [-0.15, -0.1) is 11.3 Å². The molecule has 2 aromatic carbocycles. The highest BCUT2D eigenvalue weighted by Crippen LogP contribution is 2.40. The number of ketones is 1. The molecule has 0 unspecified atom stereocenters. The predicted octanol–water partition coefficient (Wildman–Crippen LogP) is 5.44. The number of nitrogens with zero attached hydrogens (tertiary/aromatic N) is 3. The Hall–Kier alpha value is -4.23. The van der Waals surface area contributed by atoms with E-state index in [9.17, 15) is 27.6 Å². The van der Waals surface area contributed by atoms with Crippen molar-refractivity contribution in [2.45, 2.75) is 44.4 Å². The summed E-state index contributed by atoms with van der Waals surface area (Å²) in [4.78, 5) is 54.6. The summed E-state index contributed by atoms with van der Waals surface area (Å²) >= 11 is 1.32. The number of rotatable bonds is 6. The van der Waals surface area contributed by atoms with Gasteiger partial charge >= 0.3 is 12.1 Å². The number of para-hydroxylation sites is 1. The van der Waals surface area contributed by atoms with E-state index in [1.807, 2.05) is 47.4 Å². The number of ether oxygens (including phenoxy) is 1. The van der Waals surface area contributed by atoms with Crippen molar-refractivity contribution in [1.29, 1.82) is 0 Å². The molecule has 2 saturated heterocycles. The molecule has 4 heterocycles. The third kappa shape index (κ3) is 6.74. The van der Waals surface area contributed by atoms with Crippen LogP contribution in [-0.4, -0.2) is 82.6 Å². The quantitative estimate of drug-likeness (QED) is 0.279. The molecule has 1 amide bonds. The van der Waals surface area contributed by atoms with Gasteiger partial charge in [-0.05, 0) is 44.8 Å². The molecule has 13 heteroatoms. The molecule has 9 nitrogen and oxygen atoms in total. The number of aromatic nitrogens is 1. The van der Waals surface area contributed by atoms with Gasteiger partial charge in [0.15, 0.2) is 11.5 Å². The summed E-state index contributed by atoms with van der Waals surface area (Å²) in [6, 6.07) is 17.1. The highest BCUT2D eigenvalue weighted by atomic mass is 32.1. The van der Waals surface area contributed by atoms with Crippen molar-refractivity contribution in [2.75, 3.05) is 33.3 Å². The Balaban J connectivity index is 0.000000515. The van der Waals surface area contributed by atoms with E-state index in [0.29, 0.717) is 46.2 Å². The molecule has 238 valence electrons. The Morgan fingerprint density at radius 3 is 2.16 bits per heavy atom. The Bertz CT molecular complexity index is 1770. The van der Waals surface area contributed by atoms with E-state index in [4.69, 9.17) is 14.6 Å². The summed E-state index contributed by atoms with van der Waals surface area (Å²) in [7, 11) is 1.51. The van der Waals surface area contributed by atoms with Gasteiger partial charge in [-0.1, -0.05) is 48.5 Å². The lowest BCUT2D eigenvalue weighted by atomic mass is 10.0. The Kier molecular flexibility index (Phi) is 9.59. The number of carbonyl (C=O) groups excluding carboxylic acids is 2. The van der Waals surface area contributed by atoms with E-state index in [1.54, 1.807) is 12.1 Å². The van der Waals surface area contributed by atoms with Crippen LogP contribution in [0.1, 0.15) is 45.7 Å². The Morgan fingerprint density at radius 2 is 1.56 bits per heavy atom. The average Bonchev–Trinajstić information content (AvgIpc) is 3.72. The number of thiophene rings is 1. The zero-order valence-electron chi connectivity index (χ0n) is 24.5. The van der Waals surface area contributed by atoms with Crippen LogP contribution in [0.25, 0.3) is 21.0 Å². The van der Waals surface area contributed by atoms with Crippen LogP contribution >= 0.6 is 11.3 Å². The van der Waals surface area contributed by atoms with Crippen molar-refractivity contribution in [2.24, 2.45) is 0 Å². The minimum absolute atomic E-state index is 0.0849. The number of pyridine rings is 1. The van der Waals surface area contributed by atoms with Crippen LogP contribution in [0.5, 0.6) is 5.75 Å². The minimum atomic E-state index is -5.08. The fraction of sp³-hybridized carbons (Fsp3) is 0.375. The number of carboxylic acids is 1. The lowest BCUT2D eigenvalue weighted by Crippen LogP contribution is -2.45. The topological polar surface area (TPSA) is 109 Å². The standard InChI is InChI=1S/C30H31N3O4S.C2HF3O2/c1-37-26-25-27(38-28(26)30(36)32-17-13-21(14-18-32)31-15-7-8-16-31)22-11-5-6-12-23(22)33(29(25)35)19-24(34)20-9-3-2-4-10-20;3-2(4,5)1(6)7/h2-6,9-12,21H,7-8,13-19H2,1H3;(H,6,7). The summed E-state index contributed by atoms with van der Waals surface area (Å²) in [5.74, 6) is -2.68. The van der Waals surface area contributed by atoms with Gasteiger partial charge in [-0.25, -0.2) is 4.79 Å².